The van der Waals surface area contributed by atoms with Crippen molar-refractivity contribution >= 4 is 28.2 Å². The first-order chi connectivity index (χ1) is 9.72. The van der Waals surface area contributed by atoms with E-state index in [1.54, 1.807) is 6.07 Å². The smallest absolute Gasteiger partial charge is 0.149 e. The molecule has 0 spiro atoms. The van der Waals surface area contributed by atoms with Crippen molar-refractivity contribution in [3.63, 3.8) is 0 Å². The van der Waals surface area contributed by atoms with E-state index in [2.05, 4.69) is 17.2 Å². The maximum Gasteiger partial charge on any atom is 0.149 e. The zero-order valence-electron chi connectivity index (χ0n) is 11.3. The summed E-state index contributed by atoms with van der Waals surface area (Å²) < 4.78 is 19.6. The molecule has 1 aliphatic rings. The Kier molecular flexibility index (Phi) is 3.76. The molecule has 0 saturated heterocycles. The number of nitrogens with zero attached hydrogens (tertiary/aromatic N) is 1. The van der Waals surface area contributed by atoms with Crippen molar-refractivity contribution in [3.8, 4) is 0 Å². The number of anilines is 1. The van der Waals surface area contributed by atoms with Crippen LogP contribution in [0.25, 0.3) is 10.9 Å². The molecule has 1 aliphatic heterocycles. The van der Waals surface area contributed by atoms with Crippen LogP contribution in [0.5, 0.6) is 0 Å². The predicted octanol–water partition coefficient (Wildman–Crippen LogP) is 3.92. The van der Waals surface area contributed by atoms with Gasteiger partial charge in [-0.1, -0.05) is 18.5 Å². The lowest BCUT2D eigenvalue weighted by Gasteiger charge is -2.22. The molecule has 1 aromatic heterocycles. The summed E-state index contributed by atoms with van der Waals surface area (Å²) in [5, 5.41) is 4.53. The summed E-state index contributed by atoms with van der Waals surface area (Å²) in [7, 11) is 0. The minimum absolute atomic E-state index is 0.335. The Morgan fingerprint density at radius 3 is 3.10 bits per heavy atom. The van der Waals surface area contributed by atoms with Crippen molar-refractivity contribution in [1.82, 2.24) is 4.98 Å². The first kappa shape index (κ1) is 13.6. The molecule has 5 heteroatoms. The number of rotatable bonds is 3. The summed E-state index contributed by atoms with van der Waals surface area (Å²) in [5.74, 6) is -0.335. The third kappa shape index (κ3) is 2.23. The molecule has 1 N–H and O–H groups in total. The van der Waals surface area contributed by atoms with Gasteiger partial charge in [0.1, 0.15) is 11.3 Å². The first-order valence-electron chi connectivity index (χ1n) is 6.83. The fourth-order valence-corrected chi connectivity index (χ4v) is 2.78. The van der Waals surface area contributed by atoms with Gasteiger partial charge in [0.05, 0.1) is 29.6 Å². The molecule has 1 aromatic carbocycles. The number of nitrogens with one attached hydrogen (secondary N) is 1. The van der Waals surface area contributed by atoms with E-state index in [4.69, 9.17) is 16.3 Å². The van der Waals surface area contributed by atoms with Crippen LogP contribution in [0.4, 0.5) is 10.1 Å². The van der Waals surface area contributed by atoms with Gasteiger partial charge >= 0.3 is 0 Å². The van der Waals surface area contributed by atoms with Gasteiger partial charge in [-0.3, -0.25) is 0 Å². The molecule has 20 heavy (non-hydrogen) atoms. The lowest BCUT2D eigenvalue weighted by molar-refractivity contribution is 0.110. The molecular formula is C15H16ClFN2O. The van der Waals surface area contributed by atoms with Crippen LogP contribution in [0.15, 0.2) is 12.1 Å². The summed E-state index contributed by atoms with van der Waals surface area (Å²) in [6.07, 6.45) is 1.68. The number of halogens is 2. The molecule has 0 atom stereocenters. The van der Waals surface area contributed by atoms with E-state index in [0.29, 0.717) is 35.6 Å². The van der Waals surface area contributed by atoms with Gasteiger partial charge in [-0.05, 0) is 18.6 Å². The van der Waals surface area contributed by atoms with Crippen LogP contribution in [0.1, 0.15) is 24.6 Å². The maximum absolute atomic E-state index is 14.1. The molecule has 2 heterocycles. The van der Waals surface area contributed by atoms with Crippen LogP contribution in [0, 0.1) is 5.82 Å². The molecule has 106 valence electrons. The summed E-state index contributed by atoms with van der Waals surface area (Å²) in [5.41, 5.74) is 3.13. The zero-order chi connectivity index (χ0) is 14.1. The van der Waals surface area contributed by atoms with E-state index in [0.717, 1.165) is 29.9 Å². The van der Waals surface area contributed by atoms with E-state index in [1.165, 1.54) is 6.07 Å². The molecule has 0 saturated carbocycles. The standard InChI is InChI=1S/C15H16ClFN2O/c1-2-6-18-14-9-8-20-7-5-12(9)19-15-11(17)4-3-10(16)13(14)15/h3-4H,2,5-8H2,1H3,(H,18,19). The second-order valence-corrected chi connectivity index (χ2v) is 5.30. The summed E-state index contributed by atoms with van der Waals surface area (Å²) in [4.78, 5) is 4.47. The molecule has 2 aromatic rings. The van der Waals surface area contributed by atoms with Crippen molar-refractivity contribution in [2.45, 2.75) is 26.4 Å². The molecule has 3 nitrogen and oxygen atoms in total. The second kappa shape index (κ2) is 5.54. The van der Waals surface area contributed by atoms with Crippen molar-refractivity contribution in [2.24, 2.45) is 0 Å². The average Bonchev–Trinajstić information content (AvgIpc) is 2.48. The van der Waals surface area contributed by atoms with Crippen LogP contribution in [0.3, 0.4) is 0 Å². The van der Waals surface area contributed by atoms with Gasteiger partial charge in [0.2, 0.25) is 0 Å². The highest BCUT2D eigenvalue weighted by atomic mass is 35.5. The van der Waals surface area contributed by atoms with Gasteiger partial charge in [-0.2, -0.15) is 0 Å². The molecular weight excluding hydrogens is 279 g/mol. The normalized spacial score (nSPS) is 14.3. The molecule has 3 rings (SSSR count). The monoisotopic (exact) mass is 294 g/mol. The second-order valence-electron chi connectivity index (χ2n) is 4.89. The third-order valence-corrected chi connectivity index (χ3v) is 3.82. The molecule has 0 aliphatic carbocycles. The van der Waals surface area contributed by atoms with Crippen molar-refractivity contribution in [3.05, 3.63) is 34.2 Å². The van der Waals surface area contributed by atoms with Crippen molar-refractivity contribution in [2.75, 3.05) is 18.5 Å². The molecule has 0 amide bonds. The number of fused-ring (bicyclic) bond motifs is 2. The number of aromatic nitrogens is 1. The van der Waals surface area contributed by atoms with Gasteiger partial charge in [0.25, 0.3) is 0 Å². The topological polar surface area (TPSA) is 34.2 Å². The van der Waals surface area contributed by atoms with E-state index >= 15 is 0 Å². The number of pyridine rings is 1. The van der Waals surface area contributed by atoms with Crippen molar-refractivity contribution < 1.29 is 9.13 Å². The summed E-state index contributed by atoms with van der Waals surface area (Å²) in [6, 6.07) is 2.95. The minimum atomic E-state index is -0.335. The lowest BCUT2D eigenvalue weighted by atomic mass is 10.0. The van der Waals surface area contributed by atoms with Crippen LogP contribution >= 0.6 is 11.6 Å². The third-order valence-electron chi connectivity index (χ3n) is 3.51. The van der Waals surface area contributed by atoms with Gasteiger partial charge in [-0.15, -0.1) is 0 Å². The largest absolute Gasteiger partial charge is 0.384 e. The zero-order valence-corrected chi connectivity index (χ0v) is 12.1. The average molecular weight is 295 g/mol. The van der Waals surface area contributed by atoms with Gasteiger partial charge < -0.3 is 10.1 Å². The molecule has 0 bridgehead atoms. The Morgan fingerprint density at radius 1 is 1.45 bits per heavy atom. The van der Waals surface area contributed by atoms with E-state index in [-0.39, 0.29) is 5.82 Å². The summed E-state index contributed by atoms with van der Waals surface area (Å²) >= 11 is 6.27. The lowest BCUT2D eigenvalue weighted by Crippen LogP contribution is -2.16. The van der Waals surface area contributed by atoms with Crippen LogP contribution in [0.2, 0.25) is 5.02 Å². The highest BCUT2D eigenvalue weighted by Crippen LogP contribution is 2.36. The maximum atomic E-state index is 14.1. The number of hydrogen-bond donors (Lipinski definition) is 1. The Balaban J connectivity index is 2.30. The quantitative estimate of drug-likeness (QED) is 0.931. The molecule has 0 radical (unpaired) electrons. The van der Waals surface area contributed by atoms with Crippen LogP contribution < -0.4 is 5.32 Å². The number of hydrogen-bond acceptors (Lipinski definition) is 3. The Labute approximate surface area is 122 Å². The predicted molar refractivity (Wildman–Crippen MR) is 78.9 cm³/mol. The van der Waals surface area contributed by atoms with Gasteiger partial charge in [0, 0.05) is 23.9 Å². The SMILES string of the molecule is CCCNc1c2c(nc3c(F)ccc(Cl)c13)CCOC2. The Hall–Kier alpha value is -1.39. The fraction of sp³-hybridized carbons (Fsp3) is 0.400. The van der Waals surface area contributed by atoms with Gasteiger partial charge in [-0.25, -0.2) is 9.37 Å². The van der Waals surface area contributed by atoms with E-state index in [1.807, 2.05) is 0 Å². The Bertz CT molecular complexity index is 660. The summed E-state index contributed by atoms with van der Waals surface area (Å²) in [6.45, 7) is 4.01. The number of ether oxygens (including phenoxy) is 1. The van der Waals surface area contributed by atoms with E-state index < -0.39 is 0 Å². The van der Waals surface area contributed by atoms with Gasteiger partial charge in [0.15, 0.2) is 0 Å². The first-order valence-corrected chi connectivity index (χ1v) is 7.21. The fourth-order valence-electron chi connectivity index (χ4n) is 2.54. The highest BCUT2D eigenvalue weighted by molar-refractivity contribution is 6.36. The van der Waals surface area contributed by atoms with Crippen LogP contribution in [-0.4, -0.2) is 18.1 Å². The number of benzene rings is 1. The Morgan fingerprint density at radius 2 is 2.30 bits per heavy atom. The van der Waals surface area contributed by atoms with Crippen LogP contribution in [-0.2, 0) is 17.8 Å². The molecule has 0 fully saturated rings. The highest BCUT2D eigenvalue weighted by Gasteiger charge is 2.21. The van der Waals surface area contributed by atoms with Crippen molar-refractivity contribution in [1.29, 1.82) is 0 Å². The van der Waals surface area contributed by atoms with E-state index in [9.17, 15) is 4.39 Å². The minimum Gasteiger partial charge on any atom is -0.384 e. The molecule has 0 unspecified atom stereocenters.